The highest BCUT2D eigenvalue weighted by Gasteiger charge is 2.04. The predicted octanol–water partition coefficient (Wildman–Crippen LogP) is 6.98. The molecule has 0 aromatic heterocycles. The summed E-state index contributed by atoms with van der Waals surface area (Å²) >= 11 is 18.1. The van der Waals surface area contributed by atoms with E-state index in [1.807, 2.05) is 55.5 Å². The number of rotatable bonds is 6. The number of hydrogen-bond acceptors (Lipinski definition) is 3. The van der Waals surface area contributed by atoms with E-state index in [-0.39, 0.29) is 0 Å². The van der Waals surface area contributed by atoms with Gasteiger partial charge in [-0.25, -0.2) is 0 Å². The van der Waals surface area contributed by atoms with Crippen molar-refractivity contribution in [1.29, 1.82) is 0 Å². The Labute approximate surface area is 173 Å². The van der Waals surface area contributed by atoms with Gasteiger partial charge >= 0.3 is 0 Å². The van der Waals surface area contributed by atoms with Crippen molar-refractivity contribution in [2.75, 3.05) is 5.43 Å². The summed E-state index contributed by atoms with van der Waals surface area (Å²) in [7, 11) is 0. The van der Waals surface area contributed by atoms with Gasteiger partial charge in [0.2, 0.25) is 0 Å². The van der Waals surface area contributed by atoms with Gasteiger partial charge < -0.3 is 4.74 Å². The molecular weight excluding hydrogens is 403 g/mol. The van der Waals surface area contributed by atoms with Gasteiger partial charge in [-0.05, 0) is 54.4 Å². The Hall–Kier alpha value is -2.20. The van der Waals surface area contributed by atoms with Crippen LogP contribution in [0.1, 0.15) is 16.7 Å². The van der Waals surface area contributed by atoms with E-state index in [9.17, 15) is 0 Å². The van der Waals surface area contributed by atoms with Crippen molar-refractivity contribution in [3.8, 4) is 5.75 Å². The lowest BCUT2D eigenvalue weighted by Crippen LogP contribution is -1.99. The van der Waals surface area contributed by atoms with Crippen molar-refractivity contribution in [1.82, 2.24) is 0 Å². The van der Waals surface area contributed by atoms with Crippen LogP contribution in [0.4, 0.5) is 5.69 Å². The van der Waals surface area contributed by atoms with Crippen LogP contribution >= 0.6 is 34.8 Å². The van der Waals surface area contributed by atoms with E-state index in [4.69, 9.17) is 39.5 Å². The highest BCUT2D eigenvalue weighted by molar-refractivity contribution is 6.42. The first-order chi connectivity index (χ1) is 13.0. The van der Waals surface area contributed by atoms with Gasteiger partial charge in [-0.1, -0.05) is 59.1 Å². The number of benzene rings is 3. The summed E-state index contributed by atoms with van der Waals surface area (Å²) in [6.45, 7) is 2.33. The Morgan fingerprint density at radius 3 is 2.52 bits per heavy atom. The molecule has 3 rings (SSSR count). The number of hydrazone groups is 1. The maximum Gasteiger partial charge on any atom is 0.128 e. The maximum atomic E-state index is 6.13. The third-order valence-corrected chi connectivity index (χ3v) is 5.01. The summed E-state index contributed by atoms with van der Waals surface area (Å²) in [5.74, 6) is 0.719. The Morgan fingerprint density at radius 1 is 0.926 bits per heavy atom. The van der Waals surface area contributed by atoms with Crippen LogP contribution in [-0.2, 0) is 6.61 Å². The third-order valence-electron chi connectivity index (χ3n) is 3.87. The topological polar surface area (TPSA) is 33.6 Å². The summed E-state index contributed by atoms with van der Waals surface area (Å²) < 4.78 is 5.91. The minimum atomic E-state index is 0.378. The Bertz CT molecular complexity index is 973. The lowest BCUT2D eigenvalue weighted by atomic mass is 10.2. The molecule has 0 aliphatic heterocycles. The average molecular weight is 420 g/mol. The molecule has 3 aromatic rings. The molecule has 0 radical (unpaired) electrons. The van der Waals surface area contributed by atoms with E-state index in [2.05, 4.69) is 10.5 Å². The molecule has 0 spiro atoms. The molecule has 0 bridgehead atoms. The molecule has 0 saturated heterocycles. The molecule has 0 unspecified atom stereocenters. The highest BCUT2D eigenvalue weighted by atomic mass is 35.5. The second-order valence-corrected chi connectivity index (χ2v) is 7.13. The summed E-state index contributed by atoms with van der Waals surface area (Å²) in [5.41, 5.74) is 6.59. The number of halogens is 3. The van der Waals surface area contributed by atoms with Gasteiger partial charge in [0.15, 0.2) is 0 Å². The molecule has 0 atom stereocenters. The zero-order valence-corrected chi connectivity index (χ0v) is 16.8. The molecule has 0 amide bonds. The smallest absolute Gasteiger partial charge is 0.128 e. The molecule has 0 fully saturated rings. The SMILES string of the molecule is Cc1ccc(NN=Cc2ccccc2OCc2ccc(Cl)c(Cl)c2)cc1Cl. The van der Waals surface area contributed by atoms with E-state index < -0.39 is 0 Å². The minimum Gasteiger partial charge on any atom is -0.488 e. The Morgan fingerprint density at radius 2 is 1.74 bits per heavy atom. The van der Waals surface area contributed by atoms with E-state index in [0.717, 1.165) is 28.1 Å². The highest BCUT2D eigenvalue weighted by Crippen LogP contribution is 2.24. The Kier molecular flexibility index (Phi) is 6.62. The number of para-hydroxylation sites is 1. The van der Waals surface area contributed by atoms with Crippen LogP contribution in [0, 0.1) is 6.92 Å². The minimum absolute atomic E-state index is 0.378. The second-order valence-electron chi connectivity index (χ2n) is 5.91. The number of anilines is 1. The van der Waals surface area contributed by atoms with Crippen LogP contribution in [0.15, 0.2) is 65.8 Å². The molecular formula is C21H17Cl3N2O. The number of nitrogens with zero attached hydrogens (tertiary/aromatic N) is 1. The van der Waals surface area contributed by atoms with Crippen LogP contribution in [0.5, 0.6) is 5.75 Å². The number of aryl methyl sites for hydroxylation is 1. The second kappa shape index (κ2) is 9.14. The van der Waals surface area contributed by atoms with Gasteiger partial charge in [0, 0.05) is 10.6 Å². The number of ether oxygens (including phenoxy) is 1. The van der Waals surface area contributed by atoms with Gasteiger partial charge in [0.25, 0.3) is 0 Å². The largest absolute Gasteiger partial charge is 0.488 e. The first-order valence-corrected chi connectivity index (χ1v) is 9.37. The van der Waals surface area contributed by atoms with Crippen LogP contribution in [0.3, 0.4) is 0 Å². The molecule has 27 heavy (non-hydrogen) atoms. The van der Waals surface area contributed by atoms with Gasteiger partial charge in [0.05, 0.1) is 21.9 Å². The van der Waals surface area contributed by atoms with E-state index >= 15 is 0 Å². The van der Waals surface area contributed by atoms with Crippen molar-refractivity contribution < 1.29 is 4.74 Å². The van der Waals surface area contributed by atoms with E-state index in [1.54, 1.807) is 18.3 Å². The first kappa shape index (κ1) is 19.6. The van der Waals surface area contributed by atoms with Gasteiger partial charge in [-0.15, -0.1) is 0 Å². The molecule has 0 aliphatic carbocycles. The van der Waals surface area contributed by atoms with Crippen LogP contribution in [0.25, 0.3) is 0 Å². The van der Waals surface area contributed by atoms with Crippen molar-refractivity contribution in [2.45, 2.75) is 13.5 Å². The third kappa shape index (κ3) is 5.39. The summed E-state index contributed by atoms with van der Waals surface area (Å²) in [5, 5.41) is 6.00. The molecule has 0 heterocycles. The molecule has 138 valence electrons. The van der Waals surface area contributed by atoms with Crippen molar-refractivity contribution in [3.63, 3.8) is 0 Å². The molecule has 6 heteroatoms. The van der Waals surface area contributed by atoms with E-state index in [0.29, 0.717) is 21.7 Å². The van der Waals surface area contributed by atoms with Crippen molar-refractivity contribution in [2.24, 2.45) is 5.10 Å². The van der Waals surface area contributed by atoms with Crippen molar-refractivity contribution in [3.05, 3.63) is 92.4 Å². The summed E-state index contributed by atoms with van der Waals surface area (Å²) in [6, 6.07) is 18.8. The van der Waals surface area contributed by atoms with Gasteiger partial charge in [0.1, 0.15) is 12.4 Å². The van der Waals surface area contributed by atoms with Gasteiger partial charge in [-0.2, -0.15) is 5.10 Å². The quantitative estimate of drug-likeness (QED) is 0.345. The zero-order chi connectivity index (χ0) is 19.2. The zero-order valence-electron chi connectivity index (χ0n) is 14.5. The van der Waals surface area contributed by atoms with Crippen LogP contribution in [-0.4, -0.2) is 6.21 Å². The van der Waals surface area contributed by atoms with Crippen LogP contribution in [0.2, 0.25) is 15.1 Å². The van der Waals surface area contributed by atoms with E-state index in [1.165, 1.54) is 0 Å². The fraction of sp³-hybridized carbons (Fsp3) is 0.0952. The predicted molar refractivity (Wildman–Crippen MR) is 115 cm³/mol. The average Bonchev–Trinajstić information content (AvgIpc) is 2.66. The van der Waals surface area contributed by atoms with Crippen molar-refractivity contribution >= 4 is 46.7 Å². The fourth-order valence-corrected chi connectivity index (χ4v) is 2.85. The number of hydrogen-bond donors (Lipinski definition) is 1. The van der Waals surface area contributed by atoms with Gasteiger partial charge in [-0.3, -0.25) is 5.43 Å². The molecule has 3 aromatic carbocycles. The monoisotopic (exact) mass is 418 g/mol. The normalized spacial score (nSPS) is 11.0. The standard InChI is InChI=1S/C21H17Cl3N2O/c1-14-6-8-17(11-19(14)23)26-25-12-16-4-2-3-5-21(16)27-13-15-7-9-18(22)20(24)10-15/h2-12,26H,13H2,1H3. The number of nitrogens with one attached hydrogen (secondary N) is 1. The lowest BCUT2D eigenvalue weighted by molar-refractivity contribution is 0.306. The molecule has 3 nitrogen and oxygen atoms in total. The summed E-state index contributed by atoms with van der Waals surface area (Å²) in [6.07, 6.45) is 1.71. The van der Waals surface area contributed by atoms with Crippen LogP contribution < -0.4 is 10.2 Å². The fourth-order valence-electron chi connectivity index (χ4n) is 2.35. The lowest BCUT2D eigenvalue weighted by Gasteiger charge is -2.10. The first-order valence-electron chi connectivity index (χ1n) is 8.24. The Balaban J connectivity index is 1.67. The summed E-state index contributed by atoms with van der Waals surface area (Å²) in [4.78, 5) is 0. The molecule has 0 saturated carbocycles. The maximum absolute atomic E-state index is 6.13. The molecule has 0 aliphatic rings. The molecule has 1 N–H and O–H groups in total.